The first-order valence-electron chi connectivity index (χ1n) is 8.23. The standard InChI is InChI=1S/C17H32O3/c1-4-20-17(19)12-10-8-6-5-7-9-11-16(18)14-13-15(2)3/h15H,4-14H2,1-3H3. The van der Waals surface area contributed by atoms with Crippen LogP contribution in [0, 0.1) is 5.92 Å². The first-order valence-corrected chi connectivity index (χ1v) is 8.23. The number of Topliss-reactive ketones (excluding diaryl/α,β-unsaturated/α-hetero) is 1. The lowest BCUT2D eigenvalue weighted by Gasteiger charge is -2.04. The number of hydrogen-bond donors (Lipinski definition) is 0. The summed E-state index contributed by atoms with van der Waals surface area (Å²) in [6.45, 7) is 6.62. The van der Waals surface area contributed by atoms with Gasteiger partial charge in [0.1, 0.15) is 5.78 Å². The third-order valence-corrected chi connectivity index (χ3v) is 3.39. The van der Waals surface area contributed by atoms with Crippen molar-refractivity contribution in [2.24, 2.45) is 5.92 Å². The van der Waals surface area contributed by atoms with E-state index in [1.165, 1.54) is 6.42 Å². The van der Waals surface area contributed by atoms with Crippen LogP contribution >= 0.6 is 0 Å². The lowest BCUT2D eigenvalue weighted by Crippen LogP contribution is -2.03. The van der Waals surface area contributed by atoms with Crippen molar-refractivity contribution in [1.82, 2.24) is 0 Å². The fourth-order valence-corrected chi connectivity index (χ4v) is 2.11. The third-order valence-electron chi connectivity index (χ3n) is 3.39. The Morgan fingerprint density at radius 1 is 0.850 bits per heavy atom. The molecule has 0 N–H and O–H groups in total. The molecule has 0 aromatic heterocycles. The van der Waals surface area contributed by atoms with Gasteiger partial charge < -0.3 is 4.74 Å². The lowest BCUT2D eigenvalue weighted by molar-refractivity contribution is -0.143. The van der Waals surface area contributed by atoms with Crippen molar-refractivity contribution in [3.63, 3.8) is 0 Å². The first-order chi connectivity index (χ1) is 9.56. The maximum Gasteiger partial charge on any atom is 0.305 e. The van der Waals surface area contributed by atoms with Crippen LogP contribution in [0.2, 0.25) is 0 Å². The topological polar surface area (TPSA) is 43.4 Å². The Morgan fingerprint density at radius 2 is 1.40 bits per heavy atom. The highest BCUT2D eigenvalue weighted by Gasteiger charge is 2.04. The molecule has 0 aromatic rings. The summed E-state index contributed by atoms with van der Waals surface area (Å²) in [6, 6.07) is 0. The summed E-state index contributed by atoms with van der Waals surface area (Å²) in [4.78, 5) is 22.7. The number of ketones is 1. The van der Waals surface area contributed by atoms with E-state index in [2.05, 4.69) is 13.8 Å². The minimum absolute atomic E-state index is 0.0803. The monoisotopic (exact) mass is 284 g/mol. The molecule has 0 rings (SSSR count). The van der Waals surface area contributed by atoms with Gasteiger partial charge in [-0.1, -0.05) is 39.5 Å². The molecule has 0 aliphatic carbocycles. The van der Waals surface area contributed by atoms with Crippen molar-refractivity contribution in [2.75, 3.05) is 6.61 Å². The van der Waals surface area contributed by atoms with Crippen LogP contribution in [0.25, 0.3) is 0 Å². The predicted molar refractivity (Wildman–Crippen MR) is 82.6 cm³/mol. The molecule has 0 spiro atoms. The highest BCUT2D eigenvalue weighted by atomic mass is 16.5. The summed E-state index contributed by atoms with van der Waals surface area (Å²) >= 11 is 0. The number of carbonyl (C=O) groups excluding carboxylic acids is 2. The molecule has 3 nitrogen and oxygen atoms in total. The molecule has 0 aromatic carbocycles. The number of rotatable bonds is 13. The maximum absolute atomic E-state index is 11.6. The Bertz CT molecular complexity index is 259. The molecule has 0 aliphatic rings. The Hall–Kier alpha value is -0.860. The maximum atomic E-state index is 11.6. The Labute approximate surface area is 124 Å². The minimum atomic E-state index is -0.0803. The highest BCUT2D eigenvalue weighted by Crippen LogP contribution is 2.11. The Balaban J connectivity index is 3.24. The Morgan fingerprint density at radius 3 is 1.95 bits per heavy atom. The molecular formula is C17H32O3. The summed E-state index contributed by atoms with van der Waals surface area (Å²) < 4.78 is 4.88. The van der Waals surface area contributed by atoms with Crippen LogP contribution < -0.4 is 0 Å². The number of hydrogen-bond acceptors (Lipinski definition) is 3. The third kappa shape index (κ3) is 13.6. The van der Waals surface area contributed by atoms with Gasteiger partial charge in [-0.2, -0.15) is 0 Å². The molecule has 0 fully saturated rings. The van der Waals surface area contributed by atoms with Crippen LogP contribution in [0.5, 0.6) is 0 Å². The molecule has 0 unspecified atom stereocenters. The normalized spacial score (nSPS) is 10.8. The zero-order valence-corrected chi connectivity index (χ0v) is 13.6. The van der Waals surface area contributed by atoms with Crippen molar-refractivity contribution in [3.8, 4) is 0 Å². The van der Waals surface area contributed by atoms with Gasteiger partial charge in [-0.05, 0) is 32.1 Å². The highest BCUT2D eigenvalue weighted by molar-refractivity contribution is 5.78. The van der Waals surface area contributed by atoms with E-state index in [0.29, 0.717) is 24.7 Å². The van der Waals surface area contributed by atoms with Crippen molar-refractivity contribution in [2.45, 2.75) is 85.0 Å². The molecular weight excluding hydrogens is 252 g/mol. The average molecular weight is 284 g/mol. The van der Waals surface area contributed by atoms with Gasteiger partial charge in [-0.15, -0.1) is 0 Å². The molecule has 0 amide bonds. The van der Waals surface area contributed by atoms with Gasteiger partial charge in [0.2, 0.25) is 0 Å². The van der Waals surface area contributed by atoms with Crippen LogP contribution in [-0.4, -0.2) is 18.4 Å². The van der Waals surface area contributed by atoms with E-state index in [1.807, 2.05) is 6.92 Å². The van der Waals surface area contributed by atoms with Gasteiger partial charge in [0.05, 0.1) is 6.61 Å². The summed E-state index contributed by atoms with van der Waals surface area (Å²) in [7, 11) is 0. The van der Waals surface area contributed by atoms with Crippen LogP contribution in [-0.2, 0) is 14.3 Å². The smallest absolute Gasteiger partial charge is 0.305 e. The molecule has 0 saturated carbocycles. The zero-order chi connectivity index (χ0) is 15.2. The molecule has 0 aliphatic heterocycles. The van der Waals surface area contributed by atoms with E-state index in [1.54, 1.807) is 0 Å². The number of esters is 1. The number of ether oxygens (including phenoxy) is 1. The molecule has 3 heteroatoms. The summed E-state index contributed by atoms with van der Waals surface area (Å²) in [5.41, 5.74) is 0. The average Bonchev–Trinajstić information content (AvgIpc) is 2.39. The van der Waals surface area contributed by atoms with Crippen molar-refractivity contribution in [1.29, 1.82) is 0 Å². The SMILES string of the molecule is CCOC(=O)CCCCCCCCC(=O)CCC(C)C. The van der Waals surface area contributed by atoms with Gasteiger partial charge in [0, 0.05) is 19.3 Å². The lowest BCUT2D eigenvalue weighted by atomic mass is 10.0. The predicted octanol–water partition coefficient (Wildman–Crippen LogP) is 4.68. The number of carbonyl (C=O) groups is 2. The summed E-state index contributed by atoms with van der Waals surface area (Å²) in [6.07, 6.45) is 9.54. The Kier molecular flexibility index (Phi) is 12.6. The van der Waals surface area contributed by atoms with Crippen molar-refractivity contribution < 1.29 is 14.3 Å². The van der Waals surface area contributed by atoms with Gasteiger partial charge in [0.25, 0.3) is 0 Å². The number of unbranched alkanes of at least 4 members (excludes halogenated alkanes) is 5. The fraction of sp³-hybridized carbons (Fsp3) is 0.882. The van der Waals surface area contributed by atoms with E-state index in [9.17, 15) is 9.59 Å². The molecule has 0 radical (unpaired) electrons. The quantitative estimate of drug-likeness (QED) is 0.364. The molecule has 118 valence electrons. The van der Waals surface area contributed by atoms with E-state index in [0.717, 1.165) is 51.4 Å². The van der Waals surface area contributed by atoms with Gasteiger partial charge in [0.15, 0.2) is 0 Å². The second kappa shape index (κ2) is 13.1. The van der Waals surface area contributed by atoms with Crippen molar-refractivity contribution >= 4 is 11.8 Å². The zero-order valence-electron chi connectivity index (χ0n) is 13.6. The first kappa shape index (κ1) is 19.1. The largest absolute Gasteiger partial charge is 0.466 e. The summed E-state index contributed by atoms with van der Waals surface area (Å²) in [5, 5.41) is 0. The second-order valence-corrected chi connectivity index (χ2v) is 5.90. The van der Waals surface area contributed by atoms with Gasteiger partial charge in [-0.25, -0.2) is 0 Å². The van der Waals surface area contributed by atoms with Crippen LogP contribution in [0.3, 0.4) is 0 Å². The van der Waals surface area contributed by atoms with E-state index in [-0.39, 0.29) is 5.97 Å². The van der Waals surface area contributed by atoms with E-state index < -0.39 is 0 Å². The molecule has 0 bridgehead atoms. The molecule has 20 heavy (non-hydrogen) atoms. The minimum Gasteiger partial charge on any atom is -0.466 e. The summed E-state index contributed by atoms with van der Waals surface area (Å²) in [5.74, 6) is 0.961. The second-order valence-electron chi connectivity index (χ2n) is 5.90. The van der Waals surface area contributed by atoms with E-state index >= 15 is 0 Å². The van der Waals surface area contributed by atoms with Crippen LogP contribution in [0.4, 0.5) is 0 Å². The van der Waals surface area contributed by atoms with Gasteiger partial charge in [-0.3, -0.25) is 9.59 Å². The van der Waals surface area contributed by atoms with Crippen LogP contribution in [0.1, 0.15) is 85.0 Å². The molecule has 0 heterocycles. The molecule has 0 saturated heterocycles. The van der Waals surface area contributed by atoms with Crippen LogP contribution in [0.15, 0.2) is 0 Å². The van der Waals surface area contributed by atoms with E-state index in [4.69, 9.17) is 4.74 Å². The van der Waals surface area contributed by atoms with Crippen molar-refractivity contribution in [3.05, 3.63) is 0 Å². The molecule has 0 atom stereocenters. The fourth-order valence-electron chi connectivity index (χ4n) is 2.11. The van der Waals surface area contributed by atoms with Gasteiger partial charge >= 0.3 is 5.97 Å².